The molecule has 2 aromatic carbocycles. The maximum absolute atomic E-state index is 12.9. The normalized spacial score (nSPS) is 21.0. The Morgan fingerprint density at radius 2 is 1.69 bits per heavy atom. The monoisotopic (exact) mass is 391 g/mol. The lowest BCUT2D eigenvalue weighted by molar-refractivity contribution is -0.137. The number of carbonyl (C=O) groups is 2. The SMILES string of the molecule is Cc1cccc(N2CCN(C(=O)C3CC3C(=O)N(C)Cc3ccccc3)CC2)c1. The second-order valence-electron chi connectivity index (χ2n) is 8.28. The Kier molecular flexibility index (Phi) is 5.56. The molecule has 1 aliphatic heterocycles. The van der Waals surface area contributed by atoms with Gasteiger partial charge in [0.15, 0.2) is 0 Å². The molecule has 1 aliphatic carbocycles. The molecule has 0 radical (unpaired) electrons. The molecule has 2 amide bonds. The summed E-state index contributed by atoms with van der Waals surface area (Å²) >= 11 is 0. The van der Waals surface area contributed by atoms with Crippen LogP contribution in [0.4, 0.5) is 5.69 Å². The van der Waals surface area contributed by atoms with Crippen LogP contribution in [-0.4, -0.2) is 54.8 Å². The van der Waals surface area contributed by atoms with Crippen LogP contribution in [0.1, 0.15) is 17.5 Å². The summed E-state index contributed by atoms with van der Waals surface area (Å²) in [5, 5.41) is 0. The van der Waals surface area contributed by atoms with Gasteiger partial charge >= 0.3 is 0 Å². The van der Waals surface area contributed by atoms with E-state index in [1.54, 1.807) is 4.90 Å². The summed E-state index contributed by atoms with van der Waals surface area (Å²) in [5.74, 6) is -0.0387. The molecule has 152 valence electrons. The second-order valence-corrected chi connectivity index (χ2v) is 8.28. The van der Waals surface area contributed by atoms with E-state index in [-0.39, 0.29) is 23.7 Å². The maximum atomic E-state index is 12.9. The van der Waals surface area contributed by atoms with E-state index < -0.39 is 0 Å². The molecule has 0 bridgehead atoms. The number of carbonyl (C=O) groups excluding carboxylic acids is 2. The van der Waals surface area contributed by atoms with Crippen LogP contribution >= 0.6 is 0 Å². The van der Waals surface area contributed by atoms with Crippen LogP contribution in [0.15, 0.2) is 54.6 Å². The van der Waals surface area contributed by atoms with Gasteiger partial charge in [-0.25, -0.2) is 0 Å². The number of amides is 2. The number of aryl methyl sites for hydroxylation is 1. The summed E-state index contributed by atoms with van der Waals surface area (Å²) in [7, 11) is 1.83. The van der Waals surface area contributed by atoms with E-state index in [1.807, 2.05) is 42.3 Å². The molecule has 2 fully saturated rings. The quantitative estimate of drug-likeness (QED) is 0.787. The fourth-order valence-electron chi connectivity index (χ4n) is 4.20. The lowest BCUT2D eigenvalue weighted by Gasteiger charge is -2.36. The molecule has 0 aromatic heterocycles. The van der Waals surface area contributed by atoms with Gasteiger partial charge < -0.3 is 14.7 Å². The van der Waals surface area contributed by atoms with E-state index in [4.69, 9.17) is 0 Å². The molecule has 1 heterocycles. The van der Waals surface area contributed by atoms with Crippen molar-refractivity contribution < 1.29 is 9.59 Å². The molecule has 2 unspecified atom stereocenters. The minimum absolute atomic E-state index is 0.0885. The third-order valence-corrected chi connectivity index (χ3v) is 6.02. The third kappa shape index (κ3) is 4.44. The first kappa shape index (κ1) is 19.5. The highest BCUT2D eigenvalue weighted by atomic mass is 16.2. The first-order valence-electron chi connectivity index (χ1n) is 10.4. The summed E-state index contributed by atoms with van der Waals surface area (Å²) < 4.78 is 0. The molecule has 5 nitrogen and oxygen atoms in total. The van der Waals surface area contributed by atoms with Gasteiger partial charge in [0, 0.05) is 45.5 Å². The Morgan fingerprint density at radius 3 is 2.38 bits per heavy atom. The highest BCUT2D eigenvalue weighted by molar-refractivity contribution is 5.92. The Labute approximate surface area is 172 Å². The summed E-state index contributed by atoms with van der Waals surface area (Å²) in [6.45, 7) is 5.82. The van der Waals surface area contributed by atoms with Gasteiger partial charge in [-0.05, 0) is 36.6 Å². The highest BCUT2D eigenvalue weighted by Gasteiger charge is 2.50. The zero-order valence-corrected chi connectivity index (χ0v) is 17.3. The molecular weight excluding hydrogens is 362 g/mol. The van der Waals surface area contributed by atoms with Gasteiger partial charge in [-0.15, -0.1) is 0 Å². The van der Waals surface area contributed by atoms with Gasteiger partial charge in [-0.2, -0.15) is 0 Å². The number of piperazine rings is 1. The molecular formula is C24H29N3O2. The molecule has 29 heavy (non-hydrogen) atoms. The van der Waals surface area contributed by atoms with Gasteiger partial charge in [0.25, 0.3) is 0 Å². The molecule has 1 saturated heterocycles. The van der Waals surface area contributed by atoms with E-state index in [1.165, 1.54) is 11.3 Å². The minimum Gasteiger partial charge on any atom is -0.368 e. The van der Waals surface area contributed by atoms with Gasteiger partial charge in [-0.1, -0.05) is 42.5 Å². The predicted octanol–water partition coefficient (Wildman–Crippen LogP) is 2.94. The number of benzene rings is 2. The van der Waals surface area contributed by atoms with Crippen molar-refractivity contribution in [1.29, 1.82) is 0 Å². The number of hydrogen-bond acceptors (Lipinski definition) is 3. The van der Waals surface area contributed by atoms with Crippen LogP contribution in [0, 0.1) is 18.8 Å². The summed E-state index contributed by atoms with van der Waals surface area (Å²) in [6.07, 6.45) is 0.689. The van der Waals surface area contributed by atoms with Crippen molar-refractivity contribution in [3.05, 3.63) is 65.7 Å². The number of hydrogen-bond donors (Lipinski definition) is 0. The minimum atomic E-state index is -0.147. The predicted molar refractivity (Wildman–Crippen MR) is 114 cm³/mol. The largest absolute Gasteiger partial charge is 0.368 e. The van der Waals surface area contributed by atoms with Crippen molar-refractivity contribution in [2.24, 2.45) is 11.8 Å². The lowest BCUT2D eigenvalue weighted by Crippen LogP contribution is -2.49. The van der Waals surface area contributed by atoms with Crippen LogP contribution in [0.5, 0.6) is 0 Å². The van der Waals surface area contributed by atoms with Crippen LogP contribution in [0.25, 0.3) is 0 Å². The number of rotatable bonds is 5. The van der Waals surface area contributed by atoms with E-state index in [0.29, 0.717) is 13.0 Å². The first-order chi connectivity index (χ1) is 14.0. The van der Waals surface area contributed by atoms with Gasteiger partial charge in [0.1, 0.15) is 0 Å². The molecule has 1 saturated carbocycles. The molecule has 2 aromatic rings. The zero-order chi connectivity index (χ0) is 20.4. The average molecular weight is 392 g/mol. The Morgan fingerprint density at radius 1 is 0.966 bits per heavy atom. The summed E-state index contributed by atoms with van der Waals surface area (Å²) in [4.78, 5) is 31.6. The Bertz CT molecular complexity index is 875. The number of nitrogens with zero attached hydrogens (tertiary/aromatic N) is 3. The van der Waals surface area contributed by atoms with Crippen molar-refractivity contribution >= 4 is 17.5 Å². The van der Waals surface area contributed by atoms with Crippen molar-refractivity contribution in [3.63, 3.8) is 0 Å². The molecule has 4 rings (SSSR count). The van der Waals surface area contributed by atoms with Crippen LogP contribution in [0.3, 0.4) is 0 Å². The van der Waals surface area contributed by atoms with Crippen LogP contribution in [-0.2, 0) is 16.1 Å². The molecule has 2 atom stereocenters. The third-order valence-electron chi connectivity index (χ3n) is 6.02. The Hall–Kier alpha value is -2.82. The standard InChI is InChI=1S/C24H29N3O2/c1-18-7-6-10-20(15-18)26-11-13-27(14-12-26)24(29)22-16-21(22)23(28)25(2)17-19-8-4-3-5-9-19/h3-10,15,21-22H,11-14,16-17H2,1-2H3. The second kappa shape index (κ2) is 8.27. The van der Waals surface area contributed by atoms with Crippen molar-refractivity contribution in [2.75, 3.05) is 38.1 Å². The number of anilines is 1. The average Bonchev–Trinajstić information content (AvgIpc) is 3.54. The smallest absolute Gasteiger partial charge is 0.226 e. The van der Waals surface area contributed by atoms with Crippen molar-refractivity contribution in [2.45, 2.75) is 19.9 Å². The molecule has 2 aliphatic rings. The van der Waals surface area contributed by atoms with Crippen LogP contribution in [0.2, 0.25) is 0 Å². The molecule has 0 spiro atoms. The van der Waals surface area contributed by atoms with Crippen molar-refractivity contribution in [3.8, 4) is 0 Å². The molecule has 0 N–H and O–H groups in total. The van der Waals surface area contributed by atoms with Gasteiger partial charge in [0.05, 0.1) is 11.8 Å². The van der Waals surface area contributed by atoms with Crippen molar-refractivity contribution in [1.82, 2.24) is 9.80 Å². The van der Waals surface area contributed by atoms with E-state index >= 15 is 0 Å². The maximum Gasteiger partial charge on any atom is 0.226 e. The van der Waals surface area contributed by atoms with Gasteiger partial charge in [0.2, 0.25) is 11.8 Å². The topological polar surface area (TPSA) is 43.9 Å². The van der Waals surface area contributed by atoms with Gasteiger partial charge in [-0.3, -0.25) is 9.59 Å². The first-order valence-corrected chi connectivity index (χ1v) is 10.4. The molecule has 5 heteroatoms. The summed E-state index contributed by atoms with van der Waals surface area (Å²) in [5.41, 5.74) is 3.58. The zero-order valence-electron chi connectivity index (χ0n) is 17.3. The van der Waals surface area contributed by atoms with E-state index in [2.05, 4.69) is 36.1 Å². The fraction of sp³-hybridized carbons (Fsp3) is 0.417. The lowest BCUT2D eigenvalue weighted by atomic mass is 10.1. The summed E-state index contributed by atoms with van der Waals surface area (Å²) in [6, 6.07) is 18.5. The fourth-order valence-corrected chi connectivity index (χ4v) is 4.20. The van der Waals surface area contributed by atoms with E-state index in [9.17, 15) is 9.59 Å². The highest BCUT2D eigenvalue weighted by Crippen LogP contribution is 2.41. The van der Waals surface area contributed by atoms with E-state index in [0.717, 1.165) is 31.7 Å². The van der Waals surface area contributed by atoms with Crippen LogP contribution < -0.4 is 4.90 Å². The Balaban J connectivity index is 1.27.